The topological polar surface area (TPSA) is 49.3 Å². The molecular weight excluding hydrogens is 258 g/mol. The van der Waals surface area contributed by atoms with Gasteiger partial charge in [0.15, 0.2) is 0 Å². The third-order valence-corrected chi connectivity index (χ3v) is 3.48. The number of aromatic carboxylic acids is 1. The van der Waals surface area contributed by atoms with Crippen molar-refractivity contribution in [3.63, 3.8) is 0 Å². The number of hydrogen-bond acceptors (Lipinski definition) is 3. The number of hydrogen-bond donors (Lipinski definition) is 2. The van der Waals surface area contributed by atoms with Crippen LogP contribution in [-0.2, 0) is 0 Å². The van der Waals surface area contributed by atoms with Crippen LogP contribution >= 0.6 is 23.4 Å². The van der Waals surface area contributed by atoms with Gasteiger partial charge in [-0.3, -0.25) is 0 Å². The first-order chi connectivity index (χ1) is 8.08. The molecule has 0 spiro atoms. The van der Waals surface area contributed by atoms with Gasteiger partial charge in [-0.15, -0.1) is 0 Å². The first-order valence-electron chi connectivity index (χ1n) is 5.36. The minimum atomic E-state index is -1.00. The van der Waals surface area contributed by atoms with Gasteiger partial charge in [0.1, 0.15) is 0 Å². The summed E-state index contributed by atoms with van der Waals surface area (Å²) in [5, 5.41) is 12.5. The summed E-state index contributed by atoms with van der Waals surface area (Å²) >= 11 is 7.68. The van der Waals surface area contributed by atoms with Gasteiger partial charge >= 0.3 is 5.97 Å². The van der Waals surface area contributed by atoms with Crippen LogP contribution in [0.3, 0.4) is 0 Å². The maximum Gasteiger partial charge on any atom is 0.337 e. The van der Waals surface area contributed by atoms with Gasteiger partial charge in [0.05, 0.1) is 10.6 Å². The minimum Gasteiger partial charge on any atom is -0.478 e. The van der Waals surface area contributed by atoms with E-state index in [4.69, 9.17) is 16.7 Å². The normalized spacial score (nSPS) is 12.2. The maximum atomic E-state index is 10.8. The summed E-state index contributed by atoms with van der Waals surface area (Å²) in [6.07, 6.45) is 3.07. The second kappa shape index (κ2) is 6.77. The number of carboxylic acids is 1. The molecule has 3 nitrogen and oxygen atoms in total. The third kappa shape index (κ3) is 4.13. The minimum absolute atomic E-state index is 0.134. The Bertz CT molecular complexity index is 398. The summed E-state index contributed by atoms with van der Waals surface area (Å²) in [6.45, 7) is 2.11. The highest BCUT2D eigenvalue weighted by Gasteiger charge is 2.10. The molecule has 17 heavy (non-hydrogen) atoms. The highest BCUT2D eigenvalue weighted by atomic mass is 35.5. The van der Waals surface area contributed by atoms with Crippen LogP contribution in [0.25, 0.3) is 0 Å². The fraction of sp³-hybridized carbons (Fsp3) is 0.417. The molecule has 0 bridgehead atoms. The van der Waals surface area contributed by atoms with Gasteiger partial charge in [0.25, 0.3) is 0 Å². The summed E-state index contributed by atoms with van der Waals surface area (Å²) in [6, 6.07) is 5.31. The molecule has 0 saturated carbocycles. The maximum absolute atomic E-state index is 10.8. The quantitative estimate of drug-likeness (QED) is 0.832. The van der Waals surface area contributed by atoms with Crippen LogP contribution in [-0.4, -0.2) is 29.1 Å². The number of nitrogens with one attached hydrogen (secondary N) is 1. The number of halogens is 1. The van der Waals surface area contributed by atoms with E-state index < -0.39 is 5.97 Å². The molecule has 1 rings (SSSR count). The molecule has 0 saturated heterocycles. The van der Waals surface area contributed by atoms with Crippen LogP contribution in [0.4, 0.5) is 5.69 Å². The molecule has 0 aliphatic rings. The van der Waals surface area contributed by atoms with Gasteiger partial charge in [0.2, 0.25) is 0 Å². The van der Waals surface area contributed by atoms with Crippen molar-refractivity contribution in [2.24, 2.45) is 0 Å². The molecule has 1 aromatic rings. The fourth-order valence-corrected chi connectivity index (χ4v) is 2.46. The van der Waals surface area contributed by atoms with E-state index in [2.05, 4.69) is 18.5 Å². The summed E-state index contributed by atoms with van der Waals surface area (Å²) < 4.78 is 0. The zero-order chi connectivity index (χ0) is 12.8. The average Bonchev–Trinajstić information content (AvgIpc) is 2.28. The van der Waals surface area contributed by atoms with Crippen molar-refractivity contribution in [1.82, 2.24) is 0 Å². The lowest BCUT2D eigenvalue weighted by Crippen LogP contribution is -2.21. The third-order valence-electron chi connectivity index (χ3n) is 2.43. The molecule has 94 valence electrons. The van der Waals surface area contributed by atoms with E-state index in [1.165, 1.54) is 6.07 Å². The lowest BCUT2D eigenvalue weighted by Gasteiger charge is -2.17. The Morgan fingerprint density at radius 3 is 2.76 bits per heavy atom. The number of carboxylic acid groups (broad SMARTS) is 1. The standard InChI is InChI=1S/C12H16ClNO2S/c1-3-8(7-17-2)14-9-4-5-10(12(15)16)11(13)6-9/h4-6,8,14H,3,7H2,1-2H3,(H,15,16). The molecule has 1 unspecified atom stereocenters. The molecule has 0 heterocycles. The average molecular weight is 274 g/mol. The van der Waals surface area contributed by atoms with Crippen LogP contribution < -0.4 is 5.32 Å². The van der Waals surface area contributed by atoms with E-state index in [1.54, 1.807) is 23.9 Å². The Balaban J connectivity index is 2.79. The van der Waals surface area contributed by atoms with E-state index in [-0.39, 0.29) is 10.6 Å². The van der Waals surface area contributed by atoms with Gasteiger partial charge < -0.3 is 10.4 Å². The molecule has 1 aromatic carbocycles. The zero-order valence-electron chi connectivity index (χ0n) is 9.87. The molecule has 0 fully saturated rings. The van der Waals surface area contributed by atoms with Crippen molar-refractivity contribution in [2.45, 2.75) is 19.4 Å². The number of carbonyl (C=O) groups is 1. The Labute approximate surface area is 111 Å². The summed E-state index contributed by atoms with van der Waals surface area (Å²) in [5.74, 6) is 0.00661. The van der Waals surface area contributed by atoms with Crippen LogP contribution in [0.5, 0.6) is 0 Å². The smallest absolute Gasteiger partial charge is 0.337 e. The van der Waals surface area contributed by atoms with Gasteiger partial charge in [-0.05, 0) is 30.9 Å². The van der Waals surface area contributed by atoms with Crippen molar-refractivity contribution in [2.75, 3.05) is 17.3 Å². The molecule has 0 aliphatic heterocycles. The van der Waals surface area contributed by atoms with Crippen LogP contribution in [0.15, 0.2) is 18.2 Å². The Hall–Kier alpha value is -0.870. The van der Waals surface area contributed by atoms with Crippen molar-refractivity contribution in [3.8, 4) is 0 Å². The summed E-state index contributed by atoms with van der Waals surface area (Å²) in [7, 11) is 0. The van der Waals surface area contributed by atoms with Crippen LogP contribution in [0.2, 0.25) is 5.02 Å². The van der Waals surface area contributed by atoms with Crippen LogP contribution in [0, 0.1) is 0 Å². The number of rotatable bonds is 6. The predicted octanol–water partition coefficient (Wildman–Crippen LogP) is 3.59. The van der Waals surface area contributed by atoms with E-state index in [9.17, 15) is 4.79 Å². The Morgan fingerprint density at radius 1 is 1.59 bits per heavy atom. The molecule has 0 amide bonds. The fourth-order valence-electron chi connectivity index (χ4n) is 1.48. The second-order valence-electron chi connectivity index (χ2n) is 3.70. The van der Waals surface area contributed by atoms with E-state index in [0.717, 1.165) is 17.9 Å². The van der Waals surface area contributed by atoms with Gasteiger partial charge in [-0.1, -0.05) is 18.5 Å². The number of thioether (sulfide) groups is 1. The molecule has 1 atom stereocenters. The highest BCUT2D eigenvalue weighted by molar-refractivity contribution is 7.98. The van der Waals surface area contributed by atoms with Crippen molar-refractivity contribution < 1.29 is 9.90 Å². The zero-order valence-corrected chi connectivity index (χ0v) is 11.4. The molecule has 5 heteroatoms. The van der Waals surface area contributed by atoms with Gasteiger partial charge in [-0.2, -0.15) is 11.8 Å². The van der Waals surface area contributed by atoms with E-state index in [0.29, 0.717) is 6.04 Å². The Kier molecular flexibility index (Phi) is 5.65. The summed E-state index contributed by atoms with van der Waals surface area (Å²) in [5.41, 5.74) is 0.996. The van der Waals surface area contributed by atoms with Crippen molar-refractivity contribution in [1.29, 1.82) is 0 Å². The van der Waals surface area contributed by atoms with E-state index >= 15 is 0 Å². The highest BCUT2D eigenvalue weighted by Crippen LogP contribution is 2.22. The SMILES string of the molecule is CCC(CSC)Nc1ccc(C(=O)O)c(Cl)c1. The molecule has 0 aliphatic carbocycles. The largest absolute Gasteiger partial charge is 0.478 e. The van der Waals surface area contributed by atoms with Crippen LogP contribution in [0.1, 0.15) is 23.7 Å². The lowest BCUT2D eigenvalue weighted by atomic mass is 10.2. The predicted molar refractivity (Wildman–Crippen MR) is 74.5 cm³/mol. The molecular formula is C12H16ClNO2S. The monoisotopic (exact) mass is 273 g/mol. The van der Waals surface area contributed by atoms with Gasteiger partial charge in [-0.25, -0.2) is 4.79 Å². The number of anilines is 1. The lowest BCUT2D eigenvalue weighted by molar-refractivity contribution is 0.0697. The Morgan fingerprint density at radius 2 is 2.29 bits per heavy atom. The summed E-state index contributed by atoms with van der Waals surface area (Å²) in [4.78, 5) is 10.8. The first kappa shape index (κ1) is 14.2. The van der Waals surface area contributed by atoms with Crippen molar-refractivity contribution >= 4 is 35.0 Å². The second-order valence-corrected chi connectivity index (χ2v) is 5.02. The first-order valence-corrected chi connectivity index (χ1v) is 7.14. The molecule has 0 aromatic heterocycles. The van der Waals surface area contributed by atoms with Crippen molar-refractivity contribution in [3.05, 3.63) is 28.8 Å². The van der Waals surface area contributed by atoms with Gasteiger partial charge in [0, 0.05) is 17.5 Å². The molecule has 0 radical (unpaired) electrons. The molecule has 2 N–H and O–H groups in total. The van der Waals surface area contributed by atoms with E-state index in [1.807, 2.05) is 0 Å². The number of benzene rings is 1.